The van der Waals surface area contributed by atoms with Crippen LogP contribution in [0.5, 0.6) is 0 Å². The van der Waals surface area contributed by atoms with Gasteiger partial charge in [0.15, 0.2) is 10.8 Å². The van der Waals surface area contributed by atoms with Crippen LogP contribution in [0.15, 0.2) is 20.2 Å². The normalized spacial score (nSPS) is 20.3. The summed E-state index contributed by atoms with van der Waals surface area (Å²) in [5.74, 6) is -2.86. The van der Waals surface area contributed by atoms with Crippen LogP contribution in [-0.4, -0.2) is 75.8 Å². The number of carbonyl (C=O) groups excluding carboxylic acids is 4. The Labute approximate surface area is 213 Å². The minimum absolute atomic E-state index is 0. The van der Waals surface area contributed by atoms with Crippen molar-refractivity contribution in [3.63, 3.8) is 0 Å². The van der Waals surface area contributed by atoms with Gasteiger partial charge >= 0.3 is 29.6 Å². The van der Waals surface area contributed by atoms with Crippen LogP contribution >= 0.6 is 39.0 Å². The summed E-state index contributed by atoms with van der Waals surface area (Å²) >= 11 is 5.47. The van der Waals surface area contributed by atoms with Gasteiger partial charge in [0.25, 0.3) is 11.8 Å². The van der Waals surface area contributed by atoms with Crippen LogP contribution in [0, 0.1) is 0 Å². The summed E-state index contributed by atoms with van der Waals surface area (Å²) in [5.41, 5.74) is -0.383. The predicted octanol–water partition coefficient (Wildman–Crippen LogP) is -4.78. The number of halogens is 1. The number of amides is 3. The zero-order valence-electron chi connectivity index (χ0n) is 16.1. The molecule has 3 amide bonds. The first-order valence-corrected chi connectivity index (χ1v) is 10.8. The minimum atomic E-state index is -1.58. The standard InChI is InChI=1S/C15H14BrN5O7S2.Na/c1-28-20-7(6-10(16)30-15(19-6)17-4-23)11(24)18-8-12(25)21-9(14(26)27)5(2-22)3-29-13(8)21;/h4,8,13,22H,2-3H2,1H3,(H,18,24)(H,26,27)(H,17,19,23);/q;+1/p-1/t8?,13-;/m0./s1. The van der Waals surface area contributed by atoms with Crippen molar-refractivity contribution in [3.05, 3.63) is 20.8 Å². The molecule has 1 fully saturated rings. The molecule has 2 aliphatic heterocycles. The summed E-state index contributed by atoms with van der Waals surface area (Å²) in [6, 6.07) is -1.02. The van der Waals surface area contributed by atoms with Gasteiger partial charge in [0.2, 0.25) is 6.41 Å². The largest absolute Gasteiger partial charge is 1.00 e. The monoisotopic (exact) mass is 541 g/mol. The van der Waals surface area contributed by atoms with Crippen molar-refractivity contribution in [2.45, 2.75) is 11.4 Å². The maximum Gasteiger partial charge on any atom is 1.00 e. The number of aromatic nitrogens is 1. The van der Waals surface area contributed by atoms with E-state index in [-0.39, 0.29) is 63.1 Å². The SMILES string of the molecule is CON=C(C(=O)NC1C(=O)N2C(C(=O)[O-])=C(CO)CS[C@@H]12)c1nc(NC=O)sc1Br.[Na+]. The van der Waals surface area contributed by atoms with Gasteiger partial charge in [-0.05, 0) is 21.5 Å². The first-order valence-electron chi connectivity index (χ1n) is 8.11. The van der Waals surface area contributed by atoms with Gasteiger partial charge in [0.05, 0.1) is 18.3 Å². The molecule has 1 saturated heterocycles. The van der Waals surface area contributed by atoms with E-state index in [1.165, 1.54) is 18.9 Å². The molecule has 3 rings (SSSR count). The Hall–Kier alpha value is -1.49. The fourth-order valence-corrected chi connectivity index (χ4v) is 5.57. The summed E-state index contributed by atoms with van der Waals surface area (Å²) in [6.07, 6.45) is 0.424. The Kier molecular flexibility index (Phi) is 9.05. The van der Waals surface area contributed by atoms with Gasteiger partial charge in [-0.25, -0.2) is 4.98 Å². The number of aliphatic carboxylic acids is 1. The van der Waals surface area contributed by atoms with Crippen LogP contribution in [0.4, 0.5) is 5.13 Å². The summed E-state index contributed by atoms with van der Waals surface area (Å²) in [5, 5.41) is 28.8. The smallest absolute Gasteiger partial charge is 0.543 e. The number of thiazole rings is 1. The summed E-state index contributed by atoms with van der Waals surface area (Å²) in [4.78, 5) is 57.1. The van der Waals surface area contributed by atoms with Crippen molar-refractivity contribution >= 4 is 74.1 Å². The topological polar surface area (TPSA) is 173 Å². The van der Waals surface area contributed by atoms with Crippen molar-refractivity contribution in [1.82, 2.24) is 15.2 Å². The molecule has 31 heavy (non-hydrogen) atoms. The molecule has 0 aromatic carbocycles. The Morgan fingerprint density at radius 1 is 1.52 bits per heavy atom. The molecule has 1 aromatic heterocycles. The molecule has 1 unspecified atom stereocenters. The molecule has 2 atom stereocenters. The molecule has 1 aromatic rings. The maximum absolute atomic E-state index is 12.8. The van der Waals surface area contributed by atoms with Crippen LogP contribution in [-0.2, 0) is 24.0 Å². The number of nitrogens with one attached hydrogen (secondary N) is 2. The molecule has 0 saturated carbocycles. The van der Waals surface area contributed by atoms with E-state index in [0.717, 1.165) is 16.2 Å². The number of nitrogens with zero attached hydrogens (tertiary/aromatic N) is 3. The Balaban J connectivity index is 0.00000341. The van der Waals surface area contributed by atoms with Crippen molar-refractivity contribution in [2.24, 2.45) is 5.16 Å². The van der Waals surface area contributed by atoms with Gasteiger partial charge in [-0.15, -0.1) is 11.8 Å². The van der Waals surface area contributed by atoms with Crippen molar-refractivity contribution in [2.75, 3.05) is 24.8 Å². The number of thioether (sulfide) groups is 1. The number of rotatable bonds is 8. The molecule has 12 nitrogen and oxygen atoms in total. The second-order valence-electron chi connectivity index (χ2n) is 5.78. The number of fused-ring (bicyclic) bond motifs is 1. The van der Waals surface area contributed by atoms with Crippen LogP contribution in [0.1, 0.15) is 5.69 Å². The maximum atomic E-state index is 12.8. The van der Waals surface area contributed by atoms with Gasteiger partial charge < -0.3 is 30.5 Å². The average Bonchev–Trinajstić information content (AvgIpc) is 3.08. The molecular formula is C15H13BrN5NaO7S2. The molecule has 0 bridgehead atoms. The first-order chi connectivity index (χ1) is 14.3. The van der Waals surface area contributed by atoms with Crippen LogP contribution < -0.4 is 45.3 Å². The molecule has 2 aliphatic rings. The third-order valence-electron chi connectivity index (χ3n) is 4.11. The van der Waals surface area contributed by atoms with E-state index in [2.05, 4.69) is 36.7 Å². The molecule has 3 heterocycles. The molecule has 0 radical (unpaired) electrons. The summed E-state index contributed by atoms with van der Waals surface area (Å²) < 4.78 is 0.390. The number of hydrogen-bond acceptors (Lipinski definition) is 11. The number of aliphatic hydroxyl groups is 1. The first kappa shape index (κ1) is 25.8. The summed E-state index contributed by atoms with van der Waals surface area (Å²) in [7, 11) is 1.22. The summed E-state index contributed by atoms with van der Waals surface area (Å²) in [6.45, 7) is -0.524. The van der Waals surface area contributed by atoms with Gasteiger partial charge in [0, 0.05) is 5.75 Å². The fourth-order valence-electron chi connectivity index (χ4n) is 2.85. The molecule has 0 aliphatic carbocycles. The predicted molar refractivity (Wildman–Crippen MR) is 107 cm³/mol. The van der Waals surface area contributed by atoms with E-state index in [1.54, 1.807) is 0 Å². The van der Waals surface area contributed by atoms with E-state index in [9.17, 15) is 29.4 Å². The molecular weight excluding hydrogens is 529 g/mol. The number of β-lactam (4-membered cyclic amide) rings is 1. The van der Waals surface area contributed by atoms with Crippen molar-refractivity contribution < 1.29 is 63.8 Å². The zero-order chi connectivity index (χ0) is 22.0. The number of carboxylic acids is 1. The van der Waals surface area contributed by atoms with Crippen LogP contribution in [0.25, 0.3) is 0 Å². The van der Waals surface area contributed by atoms with E-state index in [0.29, 0.717) is 10.2 Å². The number of anilines is 1. The average molecular weight is 542 g/mol. The fraction of sp³-hybridized carbons (Fsp3) is 0.333. The van der Waals surface area contributed by atoms with Crippen LogP contribution in [0.2, 0.25) is 0 Å². The molecule has 16 heteroatoms. The molecule has 160 valence electrons. The van der Waals surface area contributed by atoms with Crippen molar-refractivity contribution in [3.8, 4) is 0 Å². The number of aliphatic hydroxyl groups excluding tert-OH is 1. The quantitative estimate of drug-likeness (QED) is 0.0959. The minimum Gasteiger partial charge on any atom is -0.543 e. The second kappa shape index (κ2) is 10.9. The Morgan fingerprint density at radius 3 is 2.81 bits per heavy atom. The Bertz CT molecular complexity index is 985. The number of carbonyl (C=O) groups is 4. The van der Waals surface area contributed by atoms with E-state index < -0.39 is 35.8 Å². The zero-order valence-corrected chi connectivity index (χ0v) is 21.3. The van der Waals surface area contributed by atoms with Crippen molar-refractivity contribution in [1.29, 1.82) is 0 Å². The van der Waals surface area contributed by atoms with Gasteiger partial charge in [-0.1, -0.05) is 16.5 Å². The second-order valence-corrected chi connectivity index (χ2v) is 9.21. The number of carboxylic acid groups (broad SMARTS) is 1. The van der Waals surface area contributed by atoms with E-state index in [1.807, 2.05) is 0 Å². The van der Waals surface area contributed by atoms with E-state index in [4.69, 9.17) is 4.84 Å². The van der Waals surface area contributed by atoms with Gasteiger partial charge in [-0.2, -0.15) is 0 Å². The Morgan fingerprint density at radius 2 is 2.23 bits per heavy atom. The molecule has 3 N–H and O–H groups in total. The number of hydrogen-bond donors (Lipinski definition) is 3. The number of oxime groups is 1. The third kappa shape index (κ3) is 4.97. The van der Waals surface area contributed by atoms with E-state index >= 15 is 0 Å². The van der Waals surface area contributed by atoms with Gasteiger partial charge in [-0.3, -0.25) is 19.3 Å². The van der Waals surface area contributed by atoms with Crippen LogP contribution in [0.3, 0.4) is 0 Å². The molecule has 0 spiro atoms. The van der Waals surface area contributed by atoms with Gasteiger partial charge in [0.1, 0.15) is 28.0 Å². The third-order valence-corrected chi connectivity index (χ3v) is 7.08.